The van der Waals surface area contributed by atoms with Gasteiger partial charge in [0.15, 0.2) is 5.82 Å². The van der Waals surface area contributed by atoms with E-state index in [2.05, 4.69) is 31.8 Å². The van der Waals surface area contributed by atoms with E-state index in [1.165, 1.54) is 12.1 Å². The van der Waals surface area contributed by atoms with Crippen molar-refractivity contribution in [2.24, 2.45) is 17.8 Å². The lowest BCUT2D eigenvalue weighted by atomic mass is 9.79. The van der Waals surface area contributed by atoms with Crippen LogP contribution in [0.2, 0.25) is 10.0 Å². The lowest BCUT2D eigenvalue weighted by molar-refractivity contribution is -0.135. The average molecular weight is 752 g/mol. The number of rotatable bonds is 7. The number of halogens is 4. The summed E-state index contributed by atoms with van der Waals surface area (Å²) in [6.07, 6.45) is 4.33. The third-order valence-electron chi connectivity index (χ3n) is 12.7. The number of benzene rings is 3. The summed E-state index contributed by atoms with van der Waals surface area (Å²) in [6, 6.07) is 18.6. The molecule has 5 aromatic rings. The summed E-state index contributed by atoms with van der Waals surface area (Å²) in [5, 5.41) is 15.6. The molecule has 6 heterocycles. The number of carbonyl (C=O) groups is 1. The second-order valence-corrected chi connectivity index (χ2v) is 16.6. The molecule has 6 aliphatic rings. The summed E-state index contributed by atoms with van der Waals surface area (Å²) >= 11 is 13.1. The van der Waals surface area contributed by atoms with E-state index in [1.807, 2.05) is 25.1 Å². The number of hydrogen-bond acceptors (Lipinski definition) is 5. The smallest absolute Gasteiger partial charge is 0.226 e. The maximum Gasteiger partial charge on any atom is 0.226 e. The summed E-state index contributed by atoms with van der Waals surface area (Å²) in [6.45, 7) is 4.29. The minimum Gasteiger partial charge on any atom is -0.369 e. The Labute approximate surface area is 316 Å². The first-order valence-corrected chi connectivity index (χ1v) is 19.5. The van der Waals surface area contributed by atoms with E-state index in [0.29, 0.717) is 51.7 Å². The van der Waals surface area contributed by atoms with Gasteiger partial charge in [-0.3, -0.25) is 4.79 Å². The molecule has 4 aliphatic heterocycles. The van der Waals surface area contributed by atoms with Gasteiger partial charge in [-0.2, -0.15) is 5.26 Å². The lowest BCUT2D eigenvalue weighted by Gasteiger charge is -2.40. The van der Waals surface area contributed by atoms with Gasteiger partial charge in [-0.25, -0.2) is 13.8 Å². The van der Waals surface area contributed by atoms with E-state index >= 15 is 4.39 Å². The van der Waals surface area contributed by atoms with Gasteiger partial charge in [-0.15, -0.1) is 0 Å². The number of pyridine rings is 1. The highest BCUT2D eigenvalue weighted by Crippen LogP contribution is 2.54. The quantitative estimate of drug-likeness (QED) is 0.180. The van der Waals surface area contributed by atoms with Crippen LogP contribution in [0.15, 0.2) is 54.6 Å². The van der Waals surface area contributed by atoms with Crippen molar-refractivity contribution in [3.05, 3.63) is 93.2 Å². The topological polar surface area (TPSA) is 77.2 Å². The van der Waals surface area contributed by atoms with E-state index < -0.39 is 5.82 Å². The molecular formula is C42H38Cl2F2N6O. The van der Waals surface area contributed by atoms with Crippen molar-refractivity contribution in [2.75, 3.05) is 24.5 Å². The molecular weight excluding hydrogens is 713 g/mol. The van der Waals surface area contributed by atoms with Gasteiger partial charge in [0.1, 0.15) is 11.3 Å². The molecule has 1 amide bonds. The number of anilines is 1. The molecule has 270 valence electrons. The fraction of sp³-hybridized carbons (Fsp3) is 0.405. The molecule has 0 spiro atoms. The van der Waals surface area contributed by atoms with Crippen LogP contribution >= 0.6 is 23.2 Å². The zero-order chi connectivity index (χ0) is 36.3. The van der Waals surface area contributed by atoms with E-state index in [9.17, 15) is 14.4 Å². The number of likely N-dealkylation sites (tertiary alicyclic amines) is 1. The fourth-order valence-electron chi connectivity index (χ4n) is 10.2. The molecule has 0 unspecified atom stereocenters. The number of hydrogen-bond donors (Lipinski definition) is 1. The van der Waals surface area contributed by atoms with Gasteiger partial charge in [-0.1, -0.05) is 35.3 Å². The van der Waals surface area contributed by atoms with E-state index in [4.69, 9.17) is 28.2 Å². The highest BCUT2D eigenvalue weighted by molar-refractivity contribution is 6.43. The van der Waals surface area contributed by atoms with Gasteiger partial charge in [-0.05, 0) is 93.0 Å². The summed E-state index contributed by atoms with van der Waals surface area (Å²) in [5.41, 5.74) is 5.42. The number of nitriles is 1. The summed E-state index contributed by atoms with van der Waals surface area (Å²) < 4.78 is 33.7. The number of amides is 1. The SMILES string of the molecule is Cc1nc2c(F)c(-c3cccc(Cl)c3Cl)c(CCC#N)cc2c2c1cc([C@H]1[C@H]3C[C@H](CN(c4ccc(F)cc4)C3)N1C(=O)C1CC1)n2[C@H]1[C@H]2CN[C@@H]1C2. The van der Waals surface area contributed by atoms with Crippen molar-refractivity contribution >= 4 is 56.6 Å². The van der Waals surface area contributed by atoms with Crippen molar-refractivity contribution in [3.8, 4) is 17.2 Å². The second kappa shape index (κ2) is 12.4. The number of nitrogens with zero attached hydrogens (tertiary/aromatic N) is 5. The van der Waals surface area contributed by atoms with Crippen molar-refractivity contribution in [3.63, 3.8) is 0 Å². The second-order valence-electron chi connectivity index (χ2n) is 15.8. The maximum absolute atomic E-state index is 17.3. The zero-order valence-corrected chi connectivity index (χ0v) is 30.8. The summed E-state index contributed by atoms with van der Waals surface area (Å²) in [7, 11) is 0. The lowest BCUT2D eigenvalue weighted by Crippen LogP contribution is -2.45. The van der Waals surface area contributed by atoms with Crippen molar-refractivity contribution in [2.45, 2.75) is 69.6 Å². The number of aryl methyl sites for hydroxylation is 2. The Morgan fingerprint density at radius 2 is 1.85 bits per heavy atom. The van der Waals surface area contributed by atoms with Crippen LogP contribution < -0.4 is 10.2 Å². The van der Waals surface area contributed by atoms with Gasteiger partial charge in [0, 0.05) is 82.9 Å². The molecule has 4 bridgehead atoms. The highest BCUT2D eigenvalue weighted by atomic mass is 35.5. The first-order valence-electron chi connectivity index (χ1n) is 18.8. The average Bonchev–Trinajstić information content (AvgIpc) is 3.43. The molecule has 2 aliphatic carbocycles. The third-order valence-corrected chi connectivity index (χ3v) is 13.5. The van der Waals surface area contributed by atoms with Crippen LogP contribution in [-0.2, 0) is 11.2 Å². The van der Waals surface area contributed by atoms with Crippen LogP contribution in [-0.4, -0.2) is 52.1 Å². The van der Waals surface area contributed by atoms with Crippen LogP contribution in [0.4, 0.5) is 14.5 Å². The first-order chi connectivity index (χ1) is 25.7. The van der Waals surface area contributed by atoms with Crippen LogP contribution in [0.1, 0.15) is 61.1 Å². The molecule has 2 saturated carbocycles. The normalized spacial score (nSPS) is 26.0. The van der Waals surface area contributed by atoms with Gasteiger partial charge in [0.25, 0.3) is 0 Å². The molecule has 0 radical (unpaired) electrons. The third kappa shape index (κ3) is 5.12. The fourth-order valence-corrected chi connectivity index (χ4v) is 10.6. The molecule has 7 nitrogen and oxygen atoms in total. The highest BCUT2D eigenvalue weighted by Gasteiger charge is 2.55. The number of carbonyl (C=O) groups excluding carboxylic acids is 1. The Hall–Kier alpha value is -4.23. The molecule has 6 fully saturated rings. The largest absolute Gasteiger partial charge is 0.369 e. The van der Waals surface area contributed by atoms with Crippen LogP contribution in [0.25, 0.3) is 32.9 Å². The number of piperidine rings is 1. The van der Waals surface area contributed by atoms with Crippen molar-refractivity contribution in [1.82, 2.24) is 19.8 Å². The van der Waals surface area contributed by atoms with E-state index in [0.717, 1.165) is 61.1 Å². The predicted octanol–water partition coefficient (Wildman–Crippen LogP) is 8.93. The predicted molar refractivity (Wildman–Crippen MR) is 203 cm³/mol. The molecule has 4 saturated heterocycles. The zero-order valence-electron chi connectivity index (χ0n) is 29.3. The monoisotopic (exact) mass is 750 g/mol. The minimum atomic E-state index is -0.481. The maximum atomic E-state index is 17.3. The minimum absolute atomic E-state index is 0.0237. The number of nitrogens with one attached hydrogen (secondary N) is 1. The van der Waals surface area contributed by atoms with Gasteiger partial charge in [0.2, 0.25) is 5.91 Å². The molecule has 3 aromatic carbocycles. The Balaban J connectivity index is 1.21. The Bertz CT molecular complexity index is 2370. The molecule has 11 heteroatoms. The summed E-state index contributed by atoms with van der Waals surface area (Å²) in [5.74, 6) is 0.0851. The van der Waals surface area contributed by atoms with Gasteiger partial charge in [0.05, 0.1) is 39.8 Å². The van der Waals surface area contributed by atoms with Gasteiger partial charge >= 0.3 is 0 Å². The van der Waals surface area contributed by atoms with E-state index in [1.54, 1.807) is 18.2 Å². The number of fused-ring (bicyclic) bond motifs is 6. The molecule has 6 atom stereocenters. The Morgan fingerprint density at radius 1 is 1.04 bits per heavy atom. The van der Waals surface area contributed by atoms with Crippen LogP contribution in [0, 0.1) is 47.6 Å². The molecule has 1 N–H and O–H groups in total. The molecule has 2 aromatic heterocycles. The molecule has 11 rings (SSSR count). The van der Waals surface area contributed by atoms with Crippen molar-refractivity contribution < 1.29 is 13.6 Å². The van der Waals surface area contributed by atoms with Crippen LogP contribution in [0.3, 0.4) is 0 Å². The Morgan fingerprint density at radius 3 is 2.57 bits per heavy atom. The standard InChI is InChI=1S/C42H38Cl2F2N6O/c1-21-30-17-34(40-25-14-28(51(40)42(53)22-7-8-22)20-50(19-25)27-11-9-26(45)10-12-27)52(39-24-16-33(39)48-18-24)41(30)31-15-23(4-3-13-47)35(37(46)38(31)49-21)29-5-2-6-32(43)36(29)44/h2,5-6,9-12,15,17,22,24-25,28,33,39-40,48H,3-4,7-8,14,16,18-20H2,1H3/t24-,25+,28-,33-,39+,40-/m1/s1. The Kier molecular flexibility index (Phi) is 7.81. The number of aromatic nitrogens is 2. The van der Waals surface area contributed by atoms with Gasteiger partial charge < -0.3 is 19.7 Å². The summed E-state index contributed by atoms with van der Waals surface area (Å²) in [4.78, 5) is 23.8. The van der Waals surface area contributed by atoms with Crippen molar-refractivity contribution in [1.29, 1.82) is 5.26 Å². The van der Waals surface area contributed by atoms with Crippen LogP contribution in [0.5, 0.6) is 0 Å². The molecule has 53 heavy (non-hydrogen) atoms. The first kappa shape index (κ1) is 33.3. The van der Waals surface area contributed by atoms with E-state index in [-0.39, 0.29) is 64.7 Å².